The van der Waals surface area contributed by atoms with Crippen molar-refractivity contribution in [3.8, 4) is 0 Å². The van der Waals surface area contributed by atoms with Crippen LogP contribution < -0.4 is 5.32 Å². The topological polar surface area (TPSA) is 65.2 Å². The molecular weight excluding hydrogens is 349 g/mol. The monoisotopic (exact) mass is 367 g/mol. The first-order valence-corrected chi connectivity index (χ1v) is 8.74. The number of benzene rings is 1. The van der Waals surface area contributed by atoms with Crippen molar-refractivity contribution in [1.82, 2.24) is 15.2 Å². The van der Waals surface area contributed by atoms with Gasteiger partial charge < -0.3 is 15.2 Å². The molecule has 2 aromatic rings. The molecule has 0 aliphatic carbocycles. The number of nitrogens with zero attached hydrogens (tertiary/aromatic N) is 1. The predicted octanol–water partition coefficient (Wildman–Crippen LogP) is 3.46. The van der Waals surface area contributed by atoms with Gasteiger partial charge >= 0.3 is 0 Å². The molecule has 1 atom stereocenters. The molecule has 1 fully saturated rings. The van der Waals surface area contributed by atoms with E-state index >= 15 is 0 Å². The number of aromatic amines is 1. The van der Waals surface area contributed by atoms with Crippen molar-refractivity contribution < 1.29 is 9.59 Å². The highest BCUT2D eigenvalue weighted by atomic mass is 35.5. The highest BCUT2D eigenvalue weighted by Gasteiger charge is 2.22. The van der Waals surface area contributed by atoms with Crippen LogP contribution in [0, 0.1) is 5.92 Å². The molecule has 0 spiro atoms. The van der Waals surface area contributed by atoms with Crippen LogP contribution in [0.3, 0.4) is 0 Å². The van der Waals surface area contributed by atoms with E-state index < -0.39 is 0 Å². The number of rotatable bonds is 5. The molecule has 1 aromatic heterocycles. The predicted molar refractivity (Wildman–Crippen MR) is 95.6 cm³/mol. The number of nitrogens with one attached hydrogen (secondary N) is 2. The Balaban J connectivity index is 1.62. The summed E-state index contributed by atoms with van der Waals surface area (Å²) >= 11 is 12.3. The van der Waals surface area contributed by atoms with Gasteiger partial charge in [-0.25, -0.2) is 0 Å². The normalized spacial score (nSPS) is 16.0. The average Bonchev–Trinajstić information content (AvgIpc) is 3.09. The van der Waals surface area contributed by atoms with Crippen molar-refractivity contribution in [2.75, 3.05) is 19.6 Å². The van der Waals surface area contributed by atoms with Crippen LogP contribution in [0.1, 0.15) is 30.3 Å². The van der Waals surface area contributed by atoms with Crippen LogP contribution >= 0.6 is 23.2 Å². The van der Waals surface area contributed by atoms with Crippen LogP contribution in [0.25, 0.3) is 10.9 Å². The molecule has 0 bridgehead atoms. The Hall–Kier alpha value is -1.72. The number of fused-ring (bicyclic) bond motifs is 1. The highest BCUT2D eigenvalue weighted by Crippen LogP contribution is 2.29. The molecule has 1 saturated heterocycles. The minimum absolute atomic E-state index is 0.175. The summed E-state index contributed by atoms with van der Waals surface area (Å²) in [4.78, 5) is 28.9. The maximum Gasteiger partial charge on any atom is 0.269 e. The lowest BCUT2D eigenvalue weighted by molar-refractivity contribution is -0.128. The highest BCUT2D eigenvalue weighted by molar-refractivity contribution is 6.39. The number of hydrogen-bond acceptors (Lipinski definition) is 2. The fourth-order valence-corrected chi connectivity index (χ4v) is 3.44. The Labute approximate surface area is 150 Å². The average molecular weight is 368 g/mol. The van der Waals surface area contributed by atoms with Gasteiger partial charge in [0, 0.05) is 42.0 Å². The van der Waals surface area contributed by atoms with Gasteiger partial charge in [0.15, 0.2) is 0 Å². The quantitative estimate of drug-likeness (QED) is 0.849. The van der Waals surface area contributed by atoms with Gasteiger partial charge in [-0.05, 0) is 30.5 Å². The summed E-state index contributed by atoms with van der Waals surface area (Å²) in [6.07, 6.45) is 1.55. The number of carbonyl (C=O) groups is 2. The van der Waals surface area contributed by atoms with Gasteiger partial charge in [-0.15, -0.1) is 0 Å². The molecule has 0 radical (unpaired) electrons. The zero-order valence-electron chi connectivity index (χ0n) is 13.4. The zero-order chi connectivity index (χ0) is 17.3. The molecule has 2 N–H and O–H groups in total. The lowest BCUT2D eigenvalue weighted by Gasteiger charge is -2.20. The van der Waals surface area contributed by atoms with Gasteiger partial charge in [0.05, 0.1) is 5.02 Å². The Morgan fingerprint density at radius 2 is 2.21 bits per heavy atom. The van der Waals surface area contributed by atoms with Gasteiger partial charge in [-0.1, -0.05) is 30.1 Å². The Kier molecular flexibility index (Phi) is 5.01. The first kappa shape index (κ1) is 17.1. The molecule has 128 valence electrons. The van der Waals surface area contributed by atoms with Crippen LogP contribution in [-0.2, 0) is 4.79 Å². The van der Waals surface area contributed by atoms with Gasteiger partial charge in [0.1, 0.15) is 5.69 Å². The summed E-state index contributed by atoms with van der Waals surface area (Å²) in [5.41, 5.74) is 1.10. The number of hydrogen-bond donors (Lipinski definition) is 2. The molecular formula is C17H19Cl2N3O2. The summed E-state index contributed by atoms with van der Waals surface area (Å²) in [5, 5.41) is 4.54. The van der Waals surface area contributed by atoms with Crippen LogP contribution in [0.15, 0.2) is 18.2 Å². The fourth-order valence-electron chi connectivity index (χ4n) is 2.98. The molecule has 5 nitrogen and oxygen atoms in total. The summed E-state index contributed by atoms with van der Waals surface area (Å²) in [5.74, 6) is 0.115. The standard InChI is InChI=1S/C17H19Cl2N3O2/c1-10(9-22-6-2-3-14(22)23)8-20-17(24)16-15(19)12-7-11(18)4-5-13(12)21-16/h4-5,7,10,21H,2-3,6,8-9H2,1H3,(H,20,24). The number of carbonyl (C=O) groups excluding carboxylic acids is 2. The number of halogens is 2. The van der Waals surface area contributed by atoms with Gasteiger partial charge in [-0.3, -0.25) is 9.59 Å². The smallest absolute Gasteiger partial charge is 0.269 e. The second kappa shape index (κ2) is 7.03. The Morgan fingerprint density at radius 3 is 2.92 bits per heavy atom. The summed E-state index contributed by atoms with van der Waals surface area (Å²) in [7, 11) is 0. The third-order valence-electron chi connectivity index (χ3n) is 4.24. The maximum absolute atomic E-state index is 12.4. The van der Waals surface area contributed by atoms with E-state index in [1.54, 1.807) is 18.2 Å². The van der Waals surface area contributed by atoms with Crippen molar-refractivity contribution in [3.05, 3.63) is 33.9 Å². The molecule has 7 heteroatoms. The van der Waals surface area contributed by atoms with Crippen molar-refractivity contribution in [1.29, 1.82) is 0 Å². The molecule has 24 heavy (non-hydrogen) atoms. The SMILES string of the molecule is CC(CNC(=O)c1[nH]c2ccc(Cl)cc2c1Cl)CN1CCCC1=O. The molecule has 1 aliphatic rings. The molecule has 0 saturated carbocycles. The molecule has 1 unspecified atom stereocenters. The Bertz CT molecular complexity index is 787. The van der Waals surface area contributed by atoms with E-state index in [1.807, 2.05) is 11.8 Å². The van der Waals surface area contributed by atoms with E-state index in [1.165, 1.54) is 0 Å². The van der Waals surface area contributed by atoms with E-state index in [0.29, 0.717) is 35.2 Å². The minimum atomic E-state index is -0.257. The molecule has 2 amide bonds. The molecule has 2 heterocycles. The molecule has 1 aliphatic heterocycles. The summed E-state index contributed by atoms with van der Waals surface area (Å²) in [6, 6.07) is 5.27. The number of likely N-dealkylation sites (tertiary alicyclic amines) is 1. The molecule has 1 aromatic carbocycles. The van der Waals surface area contributed by atoms with Crippen LogP contribution in [0.4, 0.5) is 0 Å². The number of amides is 2. The van der Waals surface area contributed by atoms with Crippen molar-refractivity contribution >= 4 is 45.9 Å². The lowest BCUT2D eigenvalue weighted by atomic mass is 10.1. The zero-order valence-corrected chi connectivity index (χ0v) is 14.9. The first-order valence-electron chi connectivity index (χ1n) is 7.98. The summed E-state index contributed by atoms with van der Waals surface area (Å²) in [6.45, 7) is 3.97. The van der Waals surface area contributed by atoms with E-state index in [9.17, 15) is 9.59 Å². The van der Waals surface area contributed by atoms with Crippen molar-refractivity contribution in [3.63, 3.8) is 0 Å². The fraction of sp³-hybridized carbons (Fsp3) is 0.412. The first-order chi connectivity index (χ1) is 11.5. The minimum Gasteiger partial charge on any atom is -0.350 e. The third kappa shape index (κ3) is 3.52. The second-order valence-corrected chi connectivity index (χ2v) is 7.08. The Morgan fingerprint density at radius 1 is 1.42 bits per heavy atom. The van der Waals surface area contributed by atoms with Crippen LogP contribution in [0.2, 0.25) is 10.0 Å². The van der Waals surface area contributed by atoms with Crippen LogP contribution in [0.5, 0.6) is 0 Å². The largest absolute Gasteiger partial charge is 0.350 e. The summed E-state index contributed by atoms with van der Waals surface area (Å²) < 4.78 is 0. The van der Waals surface area contributed by atoms with Crippen molar-refractivity contribution in [2.24, 2.45) is 5.92 Å². The third-order valence-corrected chi connectivity index (χ3v) is 4.87. The van der Waals surface area contributed by atoms with Crippen molar-refractivity contribution in [2.45, 2.75) is 19.8 Å². The molecule has 3 rings (SSSR count). The van der Waals surface area contributed by atoms with Gasteiger partial charge in [0.25, 0.3) is 5.91 Å². The lowest BCUT2D eigenvalue weighted by Crippen LogP contribution is -2.36. The maximum atomic E-state index is 12.4. The number of aromatic nitrogens is 1. The van der Waals surface area contributed by atoms with E-state index in [0.717, 1.165) is 23.9 Å². The second-order valence-electron chi connectivity index (χ2n) is 6.26. The van der Waals surface area contributed by atoms with Gasteiger partial charge in [-0.2, -0.15) is 0 Å². The van der Waals surface area contributed by atoms with E-state index in [2.05, 4.69) is 10.3 Å². The van der Waals surface area contributed by atoms with Crippen LogP contribution in [-0.4, -0.2) is 41.3 Å². The van der Waals surface area contributed by atoms with E-state index in [4.69, 9.17) is 23.2 Å². The van der Waals surface area contributed by atoms with Gasteiger partial charge in [0.2, 0.25) is 5.91 Å². The number of H-pyrrole nitrogens is 1. The van der Waals surface area contributed by atoms with E-state index in [-0.39, 0.29) is 17.7 Å².